The molecule has 0 aliphatic carbocycles. The highest BCUT2D eigenvalue weighted by Crippen LogP contribution is 2.26. The van der Waals surface area contributed by atoms with Gasteiger partial charge < -0.3 is 4.74 Å². The molecule has 0 radical (unpaired) electrons. The highest BCUT2D eigenvalue weighted by molar-refractivity contribution is 5.79. The van der Waals surface area contributed by atoms with Crippen LogP contribution in [0.4, 0.5) is 0 Å². The van der Waals surface area contributed by atoms with Gasteiger partial charge in [-0.25, -0.2) is 4.98 Å². The van der Waals surface area contributed by atoms with Gasteiger partial charge in [0.2, 0.25) is 0 Å². The minimum atomic E-state index is -0.127. The molecule has 0 aliphatic heterocycles. The van der Waals surface area contributed by atoms with Gasteiger partial charge in [-0.2, -0.15) is 5.10 Å². The van der Waals surface area contributed by atoms with Crippen molar-refractivity contribution in [2.24, 2.45) is 7.05 Å². The van der Waals surface area contributed by atoms with E-state index in [1.165, 1.54) is 0 Å². The molecule has 0 unspecified atom stereocenters. The summed E-state index contributed by atoms with van der Waals surface area (Å²) in [7, 11) is 1.86. The van der Waals surface area contributed by atoms with Crippen molar-refractivity contribution in [3.8, 4) is 22.8 Å². The molecule has 0 bridgehead atoms. The van der Waals surface area contributed by atoms with Crippen LogP contribution in [0, 0.1) is 0 Å². The molecule has 0 atom stereocenters. The van der Waals surface area contributed by atoms with Gasteiger partial charge in [-0.3, -0.25) is 24.0 Å². The van der Waals surface area contributed by atoms with Gasteiger partial charge in [0.1, 0.15) is 11.5 Å². The van der Waals surface area contributed by atoms with Crippen molar-refractivity contribution >= 4 is 10.9 Å². The summed E-state index contributed by atoms with van der Waals surface area (Å²) < 4.78 is 9.32. The van der Waals surface area contributed by atoms with Crippen molar-refractivity contribution in [1.82, 2.24) is 29.3 Å². The lowest BCUT2D eigenvalue weighted by atomic mass is 10.2. The first-order valence-corrected chi connectivity index (χ1v) is 9.67. The summed E-state index contributed by atoms with van der Waals surface area (Å²) in [6, 6.07) is 12.7. The normalized spacial score (nSPS) is 11.0. The summed E-state index contributed by atoms with van der Waals surface area (Å²) in [6.07, 6.45) is 10.3. The Morgan fingerprint density at radius 1 is 0.968 bits per heavy atom. The molecule has 152 valence electrons. The molecule has 8 heteroatoms. The first-order chi connectivity index (χ1) is 15.2. The van der Waals surface area contributed by atoms with Crippen molar-refractivity contribution in [2.75, 3.05) is 0 Å². The Morgan fingerprint density at radius 2 is 1.81 bits per heavy atom. The van der Waals surface area contributed by atoms with Crippen LogP contribution >= 0.6 is 0 Å². The summed E-state index contributed by atoms with van der Waals surface area (Å²) in [6.45, 7) is 0.425. The van der Waals surface area contributed by atoms with Gasteiger partial charge in [-0.1, -0.05) is 0 Å². The Morgan fingerprint density at radius 3 is 2.61 bits per heavy atom. The molecule has 8 nitrogen and oxygen atoms in total. The molecule has 4 heterocycles. The molecule has 0 aliphatic rings. The van der Waals surface area contributed by atoms with E-state index < -0.39 is 0 Å². The van der Waals surface area contributed by atoms with Gasteiger partial charge in [-0.05, 0) is 42.0 Å². The standard InChI is InChI=1S/C23H18N6O2/c1-28-14-17(12-27-28)22-11-19(6-9-25-22)31-18-2-3-21-20(10-18)23(30)29(15-26-21)13-16-4-7-24-8-5-16/h2-12,14-15H,13H2,1H3. The molecule has 1 aromatic carbocycles. The zero-order valence-corrected chi connectivity index (χ0v) is 16.7. The molecule has 0 amide bonds. The van der Waals surface area contributed by atoms with Crippen molar-refractivity contribution in [1.29, 1.82) is 0 Å². The van der Waals surface area contributed by atoms with Crippen LogP contribution < -0.4 is 10.3 Å². The number of rotatable bonds is 5. The zero-order valence-electron chi connectivity index (χ0n) is 16.7. The second kappa shape index (κ2) is 7.83. The fourth-order valence-electron chi connectivity index (χ4n) is 3.32. The predicted molar refractivity (Wildman–Crippen MR) is 116 cm³/mol. The molecule has 5 aromatic rings. The second-order valence-electron chi connectivity index (χ2n) is 7.09. The smallest absolute Gasteiger partial charge is 0.261 e. The number of hydrogen-bond acceptors (Lipinski definition) is 6. The van der Waals surface area contributed by atoms with Crippen LogP contribution in [-0.2, 0) is 13.6 Å². The van der Waals surface area contributed by atoms with Crippen LogP contribution in [0.15, 0.2) is 84.6 Å². The second-order valence-corrected chi connectivity index (χ2v) is 7.09. The average Bonchev–Trinajstić information content (AvgIpc) is 3.23. The van der Waals surface area contributed by atoms with Crippen LogP contribution in [0.5, 0.6) is 11.5 Å². The Hall–Kier alpha value is -4.33. The summed E-state index contributed by atoms with van der Waals surface area (Å²) in [5, 5.41) is 4.67. The Labute approximate surface area is 177 Å². The fraction of sp³-hybridized carbons (Fsp3) is 0.0870. The Kier molecular flexibility index (Phi) is 4.72. The first-order valence-electron chi connectivity index (χ1n) is 9.67. The molecule has 0 saturated heterocycles. The van der Waals surface area contributed by atoms with Gasteiger partial charge in [-0.15, -0.1) is 0 Å². The summed E-state index contributed by atoms with van der Waals surface area (Å²) >= 11 is 0. The first kappa shape index (κ1) is 18.7. The van der Waals surface area contributed by atoms with Gasteiger partial charge in [0, 0.05) is 43.5 Å². The lowest BCUT2D eigenvalue weighted by Crippen LogP contribution is -2.21. The maximum Gasteiger partial charge on any atom is 0.261 e. The van der Waals surface area contributed by atoms with E-state index in [9.17, 15) is 4.79 Å². The van der Waals surface area contributed by atoms with Gasteiger partial charge in [0.15, 0.2) is 0 Å². The van der Waals surface area contributed by atoms with Crippen LogP contribution in [0.2, 0.25) is 0 Å². The molecular weight excluding hydrogens is 392 g/mol. The Bertz CT molecular complexity index is 1430. The SMILES string of the molecule is Cn1cc(-c2cc(Oc3ccc4ncn(Cc5ccncc5)c(=O)c4c3)ccn2)cn1. The third-order valence-electron chi connectivity index (χ3n) is 4.87. The fourth-order valence-corrected chi connectivity index (χ4v) is 3.32. The molecule has 31 heavy (non-hydrogen) atoms. The van der Waals surface area contributed by atoms with Gasteiger partial charge in [0.05, 0.1) is 35.7 Å². The monoisotopic (exact) mass is 410 g/mol. The topological polar surface area (TPSA) is 87.7 Å². The number of pyridine rings is 2. The lowest BCUT2D eigenvalue weighted by molar-refractivity contribution is 0.483. The van der Waals surface area contributed by atoms with Crippen LogP contribution in [-0.4, -0.2) is 29.3 Å². The van der Waals surface area contributed by atoms with Crippen molar-refractivity contribution in [3.05, 3.63) is 95.7 Å². The summed E-state index contributed by atoms with van der Waals surface area (Å²) in [5.41, 5.74) is 3.12. The van der Waals surface area contributed by atoms with Crippen molar-refractivity contribution < 1.29 is 4.74 Å². The van der Waals surface area contributed by atoms with E-state index in [0.29, 0.717) is 28.9 Å². The van der Waals surface area contributed by atoms with E-state index in [4.69, 9.17) is 4.74 Å². The third kappa shape index (κ3) is 3.91. The predicted octanol–water partition coefficient (Wildman–Crippen LogP) is 3.43. The molecule has 0 N–H and O–H groups in total. The lowest BCUT2D eigenvalue weighted by Gasteiger charge is -2.09. The Balaban J connectivity index is 1.46. The number of aromatic nitrogens is 6. The van der Waals surface area contributed by atoms with E-state index >= 15 is 0 Å². The van der Waals surface area contributed by atoms with Gasteiger partial charge >= 0.3 is 0 Å². The minimum absolute atomic E-state index is 0.127. The largest absolute Gasteiger partial charge is 0.457 e. The van der Waals surface area contributed by atoms with Crippen LogP contribution in [0.25, 0.3) is 22.2 Å². The van der Waals surface area contributed by atoms with Crippen LogP contribution in [0.3, 0.4) is 0 Å². The summed E-state index contributed by atoms with van der Waals surface area (Å²) in [4.78, 5) is 25.8. The molecule has 5 rings (SSSR count). The average molecular weight is 410 g/mol. The molecule has 0 fully saturated rings. The van der Waals surface area contributed by atoms with Crippen LogP contribution in [0.1, 0.15) is 5.56 Å². The molecule has 0 spiro atoms. The number of hydrogen-bond donors (Lipinski definition) is 0. The van der Waals surface area contributed by atoms with E-state index in [0.717, 1.165) is 16.8 Å². The van der Waals surface area contributed by atoms with E-state index in [-0.39, 0.29) is 5.56 Å². The quantitative estimate of drug-likeness (QED) is 0.441. The van der Waals surface area contributed by atoms with Crippen molar-refractivity contribution in [3.63, 3.8) is 0 Å². The zero-order chi connectivity index (χ0) is 21.2. The van der Waals surface area contributed by atoms with E-state index in [2.05, 4.69) is 20.1 Å². The third-order valence-corrected chi connectivity index (χ3v) is 4.87. The number of aryl methyl sites for hydroxylation is 1. The van der Waals surface area contributed by atoms with E-state index in [1.807, 2.05) is 31.4 Å². The minimum Gasteiger partial charge on any atom is -0.457 e. The summed E-state index contributed by atoms with van der Waals surface area (Å²) in [5.74, 6) is 1.17. The number of nitrogens with zero attached hydrogens (tertiary/aromatic N) is 6. The number of fused-ring (bicyclic) bond motifs is 1. The maximum absolute atomic E-state index is 13.0. The molecular formula is C23H18N6O2. The highest BCUT2D eigenvalue weighted by atomic mass is 16.5. The molecule has 0 saturated carbocycles. The van der Waals surface area contributed by atoms with Gasteiger partial charge in [0.25, 0.3) is 5.56 Å². The number of benzene rings is 1. The number of ether oxygens (including phenoxy) is 1. The highest BCUT2D eigenvalue weighted by Gasteiger charge is 2.09. The van der Waals surface area contributed by atoms with Crippen molar-refractivity contribution in [2.45, 2.75) is 6.54 Å². The molecule has 4 aromatic heterocycles. The maximum atomic E-state index is 13.0. The van der Waals surface area contributed by atoms with E-state index in [1.54, 1.807) is 64.6 Å².